The summed E-state index contributed by atoms with van der Waals surface area (Å²) in [6.07, 6.45) is 1.62. The molecule has 0 unspecified atom stereocenters. The van der Waals surface area contributed by atoms with Crippen molar-refractivity contribution in [1.82, 2.24) is 4.98 Å². The number of nitrogens with zero attached hydrogens (tertiary/aromatic N) is 1. The molecule has 2 N–H and O–H groups in total. The van der Waals surface area contributed by atoms with Crippen molar-refractivity contribution in [2.45, 2.75) is 6.92 Å². The summed E-state index contributed by atoms with van der Waals surface area (Å²) in [4.78, 5) is 15.5. The minimum atomic E-state index is -0.402. The molecule has 0 spiro atoms. The predicted molar refractivity (Wildman–Crippen MR) is 62.1 cm³/mol. The first-order valence-corrected chi connectivity index (χ1v) is 5.03. The number of carbonyl (C=O) groups is 1. The van der Waals surface area contributed by atoms with Crippen molar-refractivity contribution in [1.29, 1.82) is 0 Å². The highest BCUT2D eigenvalue weighted by Crippen LogP contribution is 2.17. The van der Waals surface area contributed by atoms with E-state index in [1.54, 1.807) is 25.3 Å². The second-order valence-corrected chi connectivity index (χ2v) is 3.40. The van der Waals surface area contributed by atoms with Crippen molar-refractivity contribution >= 4 is 22.4 Å². The lowest BCUT2D eigenvalue weighted by Gasteiger charge is -2.03. The van der Waals surface area contributed by atoms with E-state index in [1.165, 1.54) is 0 Å². The van der Waals surface area contributed by atoms with E-state index in [4.69, 9.17) is 10.5 Å². The highest BCUT2D eigenvalue weighted by Gasteiger charge is 2.08. The zero-order chi connectivity index (χ0) is 11.5. The van der Waals surface area contributed by atoms with Gasteiger partial charge in [0.1, 0.15) is 5.69 Å². The molecule has 0 atom stereocenters. The molecular weight excluding hydrogens is 204 g/mol. The number of hydrogen-bond donors (Lipinski definition) is 1. The van der Waals surface area contributed by atoms with Crippen LogP contribution in [0.15, 0.2) is 30.5 Å². The third kappa shape index (κ3) is 1.95. The van der Waals surface area contributed by atoms with Gasteiger partial charge in [0.25, 0.3) is 0 Å². The molecule has 0 radical (unpaired) electrons. The Labute approximate surface area is 93.0 Å². The van der Waals surface area contributed by atoms with Gasteiger partial charge in [-0.25, -0.2) is 9.78 Å². The molecule has 0 aliphatic rings. The van der Waals surface area contributed by atoms with Crippen molar-refractivity contribution in [3.63, 3.8) is 0 Å². The van der Waals surface area contributed by atoms with Crippen LogP contribution in [0.3, 0.4) is 0 Å². The number of nitrogen functional groups attached to an aromatic ring is 1. The van der Waals surface area contributed by atoms with E-state index in [0.29, 0.717) is 18.0 Å². The molecule has 16 heavy (non-hydrogen) atoms. The van der Waals surface area contributed by atoms with Crippen LogP contribution in [-0.4, -0.2) is 17.6 Å². The number of anilines is 1. The zero-order valence-electron chi connectivity index (χ0n) is 8.93. The molecule has 82 valence electrons. The van der Waals surface area contributed by atoms with Gasteiger partial charge >= 0.3 is 5.97 Å². The monoisotopic (exact) mass is 216 g/mol. The number of nitrogens with two attached hydrogens (primary N) is 1. The maximum Gasteiger partial charge on any atom is 0.356 e. The Bertz CT molecular complexity index is 538. The quantitative estimate of drug-likeness (QED) is 0.616. The lowest BCUT2D eigenvalue weighted by atomic mass is 10.1. The van der Waals surface area contributed by atoms with Crippen molar-refractivity contribution in [3.8, 4) is 0 Å². The summed E-state index contributed by atoms with van der Waals surface area (Å²) in [6.45, 7) is 2.11. The second kappa shape index (κ2) is 4.18. The van der Waals surface area contributed by atoms with Crippen LogP contribution in [0.1, 0.15) is 17.4 Å². The highest BCUT2D eigenvalue weighted by molar-refractivity contribution is 5.93. The van der Waals surface area contributed by atoms with Crippen LogP contribution in [0.5, 0.6) is 0 Å². The van der Waals surface area contributed by atoms with Gasteiger partial charge in [0.2, 0.25) is 0 Å². The van der Waals surface area contributed by atoms with Crippen LogP contribution in [-0.2, 0) is 4.74 Å². The van der Waals surface area contributed by atoms with Crippen molar-refractivity contribution < 1.29 is 9.53 Å². The predicted octanol–water partition coefficient (Wildman–Crippen LogP) is 1.99. The van der Waals surface area contributed by atoms with Gasteiger partial charge in [-0.3, -0.25) is 0 Å². The van der Waals surface area contributed by atoms with Crippen LogP contribution < -0.4 is 5.73 Å². The largest absolute Gasteiger partial charge is 0.461 e. The summed E-state index contributed by atoms with van der Waals surface area (Å²) in [6, 6.07) is 7.16. The van der Waals surface area contributed by atoms with E-state index in [0.717, 1.165) is 10.8 Å². The third-order valence-corrected chi connectivity index (χ3v) is 2.23. The van der Waals surface area contributed by atoms with Gasteiger partial charge in [-0.1, -0.05) is 6.07 Å². The highest BCUT2D eigenvalue weighted by atomic mass is 16.5. The van der Waals surface area contributed by atoms with E-state index < -0.39 is 5.97 Å². The van der Waals surface area contributed by atoms with E-state index in [-0.39, 0.29) is 0 Å². The van der Waals surface area contributed by atoms with Gasteiger partial charge in [-0.2, -0.15) is 0 Å². The molecule has 0 bridgehead atoms. The van der Waals surface area contributed by atoms with Crippen molar-refractivity contribution in [2.75, 3.05) is 12.3 Å². The number of hydrogen-bond acceptors (Lipinski definition) is 4. The Kier molecular flexibility index (Phi) is 2.72. The van der Waals surface area contributed by atoms with Gasteiger partial charge < -0.3 is 10.5 Å². The van der Waals surface area contributed by atoms with Gasteiger partial charge in [0, 0.05) is 17.3 Å². The standard InChI is InChI=1S/C12H12N2O2/c1-2-16-12(15)11-6-8-3-4-10(13)5-9(8)7-14-11/h3-7H,2,13H2,1H3. The Morgan fingerprint density at radius 3 is 2.94 bits per heavy atom. The minimum Gasteiger partial charge on any atom is -0.461 e. The number of benzene rings is 1. The Morgan fingerprint density at radius 2 is 2.19 bits per heavy atom. The summed E-state index contributed by atoms with van der Waals surface area (Å²) in [5.41, 5.74) is 6.65. The van der Waals surface area contributed by atoms with Gasteiger partial charge in [-0.05, 0) is 30.5 Å². The Morgan fingerprint density at radius 1 is 1.38 bits per heavy atom. The topological polar surface area (TPSA) is 65.2 Å². The second-order valence-electron chi connectivity index (χ2n) is 3.40. The van der Waals surface area contributed by atoms with E-state index >= 15 is 0 Å². The molecule has 1 aromatic carbocycles. The summed E-state index contributed by atoms with van der Waals surface area (Å²) in [5.74, 6) is -0.402. The number of rotatable bonds is 2. The lowest BCUT2D eigenvalue weighted by molar-refractivity contribution is 0.0520. The van der Waals surface area contributed by atoms with Crippen molar-refractivity contribution in [3.05, 3.63) is 36.2 Å². The first kappa shape index (κ1) is 10.4. The maximum atomic E-state index is 11.4. The van der Waals surface area contributed by atoms with Crippen LogP contribution in [0.4, 0.5) is 5.69 Å². The SMILES string of the molecule is CCOC(=O)c1cc2ccc(N)cc2cn1. The van der Waals surface area contributed by atoms with E-state index in [9.17, 15) is 4.79 Å². The molecule has 0 saturated heterocycles. The summed E-state index contributed by atoms with van der Waals surface area (Å²) >= 11 is 0. The van der Waals surface area contributed by atoms with Crippen LogP contribution in [0, 0.1) is 0 Å². The van der Waals surface area contributed by atoms with Gasteiger partial charge in [-0.15, -0.1) is 0 Å². The summed E-state index contributed by atoms with van der Waals surface area (Å²) < 4.78 is 4.87. The number of carbonyl (C=O) groups excluding carboxylic acids is 1. The van der Waals surface area contributed by atoms with E-state index in [1.807, 2.05) is 12.1 Å². The molecule has 0 saturated carbocycles. The number of pyridine rings is 1. The number of esters is 1. The molecule has 0 amide bonds. The fourth-order valence-corrected chi connectivity index (χ4v) is 1.48. The fourth-order valence-electron chi connectivity index (χ4n) is 1.48. The molecule has 1 aromatic heterocycles. The molecule has 1 heterocycles. The number of fused-ring (bicyclic) bond motifs is 1. The molecule has 2 rings (SSSR count). The maximum absolute atomic E-state index is 11.4. The third-order valence-electron chi connectivity index (χ3n) is 2.23. The minimum absolute atomic E-state index is 0.319. The molecule has 4 heteroatoms. The first-order chi connectivity index (χ1) is 7.70. The Hall–Kier alpha value is -2.10. The summed E-state index contributed by atoms with van der Waals surface area (Å²) in [7, 11) is 0. The smallest absolute Gasteiger partial charge is 0.356 e. The molecular formula is C12H12N2O2. The van der Waals surface area contributed by atoms with Crippen LogP contribution >= 0.6 is 0 Å². The first-order valence-electron chi connectivity index (χ1n) is 5.03. The molecule has 0 aliphatic carbocycles. The Balaban J connectivity index is 2.44. The molecule has 0 aliphatic heterocycles. The average molecular weight is 216 g/mol. The fraction of sp³-hybridized carbons (Fsp3) is 0.167. The number of ether oxygens (including phenoxy) is 1. The molecule has 2 aromatic rings. The zero-order valence-corrected chi connectivity index (χ0v) is 8.93. The average Bonchev–Trinajstić information content (AvgIpc) is 2.28. The van der Waals surface area contributed by atoms with Gasteiger partial charge in [0.05, 0.1) is 6.61 Å². The van der Waals surface area contributed by atoms with Crippen LogP contribution in [0.25, 0.3) is 10.8 Å². The molecule has 4 nitrogen and oxygen atoms in total. The van der Waals surface area contributed by atoms with Crippen LogP contribution in [0.2, 0.25) is 0 Å². The van der Waals surface area contributed by atoms with E-state index in [2.05, 4.69) is 4.98 Å². The summed E-state index contributed by atoms with van der Waals surface area (Å²) in [5, 5.41) is 1.83. The number of aromatic nitrogens is 1. The lowest BCUT2D eigenvalue weighted by Crippen LogP contribution is -2.06. The molecule has 0 fully saturated rings. The van der Waals surface area contributed by atoms with Gasteiger partial charge in [0.15, 0.2) is 0 Å². The normalized spacial score (nSPS) is 10.3. The van der Waals surface area contributed by atoms with Crippen molar-refractivity contribution in [2.24, 2.45) is 0 Å².